The van der Waals surface area contributed by atoms with Crippen LogP contribution in [0, 0.1) is 30.5 Å². The molecule has 0 spiro atoms. The Morgan fingerprint density at radius 3 is 2.56 bits per heavy atom. The number of likely N-dealkylation sites (tertiary alicyclic amines) is 1. The molecule has 4 atom stereocenters. The van der Waals surface area contributed by atoms with Gasteiger partial charge < -0.3 is 26.6 Å². The topological polar surface area (TPSA) is 108 Å². The van der Waals surface area contributed by atoms with E-state index in [4.69, 9.17) is 5.73 Å². The molecule has 36 heavy (non-hydrogen) atoms. The summed E-state index contributed by atoms with van der Waals surface area (Å²) in [6.07, 6.45) is 8.36. The summed E-state index contributed by atoms with van der Waals surface area (Å²) >= 11 is 0. The number of allylic oxidation sites excluding steroid dienone is 1. The average Bonchev–Trinajstić information content (AvgIpc) is 3.41. The molecule has 2 heterocycles. The summed E-state index contributed by atoms with van der Waals surface area (Å²) in [6, 6.07) is 6.26. The first kappa shape index (κ1) is 28.0. The molecular formula is C25H34Cl2FN7O. The number of carbonyl (C=O) groups is 1. The van der Waals surface area contributed by atoms with Gasteiger partial charge in [-0.15, -0.1) is 24.8 Å². The highest BCUT2D eigenvalue weighted by molar-refractivity contribution is 5.85. The predicted octanol–water partition coefficient (Wildman–Crippen LogP) is 4.11. The number of hydrogen-bond acceptors (Lipinski definition) is 7. The summed E-state index contributed by atoms with van der Waals surface area (Å²) in [5.74, 6) is -0.692. The molecule has 2 bridgehead atoms. The zero-order valence-corrected chi connectivity index (χ0v) is 22.0. The van der Waals surface area contributed by atoms with Crippen molar-refractivity contribution in [2.24, 2.45) is 23.5 Å². The van der Waals surface area contributed by atoms with Crippen molar-refractivity contribution in [1.29, 1.82) is 0 Å². The van der Waals surface area contributed by atoms with Crippen molar-refractivity contribution >= 4 is 53.9 Å². The number of hydrogen-bond donors (Lipinski definition) is 4. The van der Waals surface area contributed by atoms with Gasteiger partial charge >= 0.3 is 0 Å². The maximum atomic E-state index is 14.5. The first-order chi connectivity index (χ1) is 16.4. The minimum Gasteiger partial charge on any atom is -0.382 e. The van der Waals surface area contributed by atoms with Crippen LogP contribution in [0.15, 0.2) is 36.5 Å². The number of primary amides is 1. The fourth-order valence-corrected chi connectivity index (χ4v) is 5.50. The van der Waals surface area contributed by atoms with Crippen molar-refractivity contribution in [3.8, 4) is 0 Å². The van der Waals surface area contributed by atoms with Crippen molar-refractivity contribution in [2.45, 2.75) is 38.3 Å². The van der Waals surface area contributed by atoms with Gasteiger partial charge in [0.05, 0.1) is 12.1 Å². The molecule has 1 amide bonds. The quantitative estimate of drug-likeness (QED) is 0.393. The highest BCUT2D eigenvalue weighted by Gasteiger charge is 2.47. The number of aryl methyl sites for hydroxylation is 1. The standard InChI is InChI=1S/C25H32FN7O.2ClH/c1-14-11-18(5-6-20(14)29-17-7-9-33(2)10-8-17)30-25-28-13-19(26)24(32-25)31-22-16-4-3-15(12-16)21(22)23(27)34;;/h3-6,11,13,15-17,21-22,29H,7-10,12H2,1-2H3,(H2,27,34)(H2,28,30,31,32);2*1H/t15?,16-,21-,22+;;/m0../s1. The molecule has 1 aromatic carbocycles. The molecule has 5 rings (SSSR count). The summed E-state index contributed by atoms with van der Waals surface area (Å²) in [5, 5.41) is 9.96. The van der Waals surface area contributed by atoms with Gasteiger partial charge in [-0.05, 0) is 81.9 Å². The molecular weight excluding hydrogens is 504 g/mol. The zero-order valence-electron chi connectivity index (χ0n) is 20.4. The van der Waals surface area contributed by atoms with Gasteiger partial charge in [0, 0.05) is 23.5 Å². The molecule has 0 radical (unpaired) electrons. The lowest BCUT2D eigenvalue weighted by Crippen LogP contribution is -2.41. The molecule has 2 fully saturated rings. The van der Waals surface area contributed by atoms with Gasteiger partial charge in [0.25, 0.3) is 0 Å². The molecule has 1 unspecified atom stereocenters. The number of benzene rings is 1. The molecule has 1 aromatic heterocycles. The number of fused-ring (bicyclic) bond motifs is 2. The molecule has 11 heteroatoms. The number of aromatic nitrogens is 2. The predicted molar refractivity (Wildman–Crippen MR) is 146 cm³/mol. The number of halogens is 3. The Morgan fingerprint density at radius 1 is 1.14 bits per heavy atom. The van der Waals surface area contributed by atoms with Crippen LogP contribution in [0.2, 0.25) is 0 Å². The number of anilines is 4. The first-order valence-corrected chi connectivity index (χ1v) is 12.0. The summed E-state index contributed by atoms with van der Waals surface area (Å²) in [7, 11) is 2.16. The summed E-state index contributed by atoms with van der Waals surface area (Å²) < 4.78 is 14.5. The van der Waals surface area contributed by atoms with Crippen LogP contribution in [0.4, 0.5) is 27.5 Å². The Balaban J connectivity index is 0.00000180. The van der Waals surface area contributed by atoms with Gasteiger partial charge in [0.1, 0.15) is 0 Å². The van der Waals surface area contributed by atoms with E-state index in [0.717, 1.165) is 55.5 Å². The zero-order chi connectivity index (χ0) is 23.8. The van der Waals surface area contributed by atoms with E-state index in [0.29, 0.717) is 6.04 Å². The Labute approximate surface area is 223 Å². The SMILES string of the molecule is Cc1cc(Nc2ncc(F)c(N[C@@H]3[C@H]4C=CC(C4)[C@@H]3C(N)=O)n2)ccc1NC1CCN(C)CC1.Cl.Cl. The van der Waals surface area contributed by atoms with E-state index < -0.39 is 5.82 Å². The van der Waals surface area contributed by atoms with Crippen LogP contribution < -0.4 is 21.7 Å². The van der Waals surface area contributed by atoms with Gasteiger partial charge in [-0.1, -0.05) is 12.2 Å². The monoisotopic (exact) mass is 537 g/mol. The van der Waals surface area contributed by atoms with Crippen molar-refractivity contribution in [3.05, 3.63) is 47.9 Å². The summed E-state index contributed by atoms with van der Waals surface area (Å²) in [5.41, 5.74) is 8.68. The number of amides is 1. The number of rotatable bonds is 7. The van der Waals surface area contributed by atoms with E-state index in [1.54, 1.807) is 0 Å². The third kappa shape index (κ3) is 5.85. The van der Waals surface area contributed by atoms with Crippen molar-refractivity contribution in [2.75, 3.05) is 36.1 Å². The minimum absolute atomic E-state index is 0. The molecule has 2 aliphatic carbocycles. The molecule has 1 saturated carbocycles. The van der Waals surface area contributed by atoms with E-state index in [-0.39, 0.29) is 66.3 Å². The molecule has 1 aliphatic heterocycles. The van der Waals surface area contributed by atoms with Gasteiger partial charge in [0.2, 0.25) is 11.9 Å². The normalized spacial score (nSPS) is 25.1. The third-order valence-corrected chi connectivity index (χ3v) is 7.40. The Bertz CT molecular complexity index is 1110. The fraction of sp³-hybridized carbons (Fsp3) is 0.480. The lowest BCUT2D eigenvalue weighted by Gasteiger charge is -2.30. The lowest BCUT2D eigenvalue weighted by atomic mass is 9.88. The van der Waals surface area contributed by atoms with Crippen LogP contribution in [-0.4, -0.2) is 53.0 Å². The fourth-order valence-electron chi connectivity index (χ4n) is 5.50. The van der Waals surface area contributed by atoms with E-state index in [1.165, 1.54) is 0 Å². The largest absolute Gasteiger partial charge is 0.382 e. The van der Waals surface area contributed by atoms with Crippen LogP contribution in [0.1, 0.15) is 24.8 Å². The average molecular weight is 538 g/mol. The number of nitrogens with one attached hydrogen (secondary N) is 3. The highest BCUT2D eigenvalue weighted by Crippen LogP contribution is 2.44. The third-order valence-electron chi connectivity index (χ3n) is 7.40. The van der Waals surface area contributed by atoms with Crippen LogP contribution in [0.25, 0.3) is 0 Å². The smallest absolute Gasteiger partial charge is 0.229 e. The molecule has 2 aromatic rings. The van der Waals surface area contributed by atoms with E-state index in [2.05, 4.69) is 56.9 Å². The Kier molecular flexibility index (Phi) is 9.03. The Hall–Kier alpha value is -2.62. The van der Waals surface area contributed by atoms with Crippen molar-refractivity contribution in [1.82, 2.24) is 14.9 Å². The first-order valence-electron chi connectivity index (χ1n) is 12.0. The highest BCUT2D eigenvalue weighted by atomic mass is 35.5. The molecule has 5 N–H and O–H groups in total. The number of carbonyl (C=O) groups excluding carboxylic acids is 1. The van der Waals surface area contributed by atoms with Gasteiger partial charge in [0.15, 0.2) is 11.6 Å². The molecule has 3 aliphatic rings. The molecule has 196 valence electrons. The lowest BCUT2D eigenvalue weighted by molar-refractivity contribution is -0.122. The van der Waals surface area contributed by atoms with Crippen LogP contribution in [-0.2, 0) is 4.79 Å². The Morgan fingerprint density at radius 2 is 1.86 bits per heavy atom. The molecule has 8 nitrogen and oxygen atoms in total. The second-order valence-electron chi connectivity index (χ2n) is 9.81. The van der Waals surface area contributed by atoms with E-state index >= 15 is 0 Å². The summed E-state index contributed by atoms with van der Waals surface area (Å²) in [6.45, 7) is 4.27. The minimum atomic E-state index is -0.561. The van der Waals surface area contributed by atoms with Crippen LogP contribution in [0.3, 0.4) is 0 Å². The number of piperidine rings is 1. The van der Waals surface area contributed by atoms with Crippen LogP contribution in [0.5, 0.6) is 0 Å². The number of nitrogens with zero attached hydrogens (tertiary/aromatic N) is 3. The second kappa shape index (κ2) is 11.6. The number of nitrogens with two attached hydrogens (primary N) is 1. The van der Waals surface area contributed by atoms with Gasteiger partial charge in [-0.25, -0.2) is 9.37 Å². The van der Waals surface area contributed by atoms with Gasteiger partial charge in [-0.3, -0.25) is 4.79 Å². The van der Waals surface area contributed by atoms with Gasteiger partial charge in [-0.2, -0.15) is 4.98 Å². The van der Waals surface area contributed by atoms with E-state index in [9.17, 15) is 9.18 Å². The summed E-state index contributed by atoms with van der Waals surface area (Å²) in [4.78, 5) is 22.8. The van der Waals surface area contributed by atoms with Crippen molar-refractivity contribution in [3.63, 3.8) is 0 Å². The molecule has 1 saturated heterocycles. The van der Waals surface area contributed by atoms with E-state index in [1.807, 2.05) is 18.2 Å². The second-order valence-corrected chi connectivity index (χ2v) is 9.81. The van der Waals surface area contributed by atoms with Crippen LogP contribution >= 0.6 is 24.8 Å². The van der Waals surface area contributed by atoms with Crippen molar-refractivity contribution < 1.29 is 9.18 Å². The maximum absolute atomic E-state index is 14.5. The maximum Gasteiger partial charge on any atom is 0.229 e.